The number of nitrogens with two attached hydrogens (primary N) is 1. The third-order valence-electron chi connectivity index (χ3n) is 3.48. The Labute approximate surface area is 119 Å². The number of aryl methyl sites for hydroxylation is 1. The van der Waals surface area contributed by atoms with Crippen molar-refractivity contribution in [2.75, 3.05) is 13.7 Å². The molecule has 20 heavy (non-hydrogen) atoms. The number of ether oxygens (including phenoxy) is 1. The molecule has 106 valence electrons. The fourth-order valence-electron chi connectivity index (χ4n) is 2.26. The number of nitrogens with zero attached hydrogens (tertiary/aromatic N) is 1. The summed E-state index contributed by atoms with van der Waals surface area (Å²) in [6.45, 7) is 2.29. The molecular weight excluding hydrogens is 252 g/mol. The highest BCUT2D eigenvalue weighted by molar-refractivity contribution is 5.38. The van der Waals surface area contributed by atoms with Crippen molar-refractivity contribution < 1.29 is 9.84 Å². The highest BCUT2D eigenvalue weighted by atomic mass is 16.5. The van der Waals surface area contributed by atoms with E-state index >= 15 is 0 Å². The summed E-state index contributed by atoms with van der Waals surface area (Å²) >= 11 is 0. The Bertz CT molecular complexity index is 558. The van der Waals surface area contributed by atoms with E-state index in [1.54, 1.807) is 13.3 Å². The molecule has 1 aromatic carbocycles. The van der Waals surface area contributed by atoms with E-state index in [4.69, 9.17) is 10.5 Å². The van der Waals surface area contributed by atoms with Crippen LogP contribution in [0.5, 0.6) is 5.75 Å². The summed E-state index contributed by atoms with van der Waals surface area (Å²) in [6.07, 6.45) is 1.00. The lowest BCUT2D eigenvalue weighted by Gasteiger charge is -2.22. The first kappa shape index (κ1) is 14.5. The lowest BCUT2D eigenvalue weighted by atomic mass is 9.92. The van der Waals surface area contributed by atoms with Gasteiger partial charge in [-0.25, -0.2) is 0 Å². The first-order chi connectivity index (χ1) is 9.67. The summed E-state index contributed by atoms with van der Waals surface area (Å²) in [5.74, 6) is 0.530. The molecule has 3 N–H and O–H groups in total. The van der Waals surface area contributed by atoms with Crippen molar-refractivity contribution in [2.45, 2.75) is 18.9 Å². The number of benzene rings is 1. The minimum atomic E-state index is -0.704. The van der Waals surface area contributed by atoms with Crippen molar-refractivity contribution in [1.82, 2.24) is 4.98 Å². The summed E-state index contributed by atoms with van der Waals surface area (Å²) in [6, 6.07) is 11.3. The standard InChI is InChI=1S/C16H20N2O2/c1-11-6-7-12(9-15(11)20-2)16(19)13(10-17)14-5-3-4-8-18-14/h3-9,13,16,19H,10,17H2,1-2H3. The topological polar surface area (TPSA) is 68.4 Å². The van der Waals surface area contributed by atoms with E-state index in [1.807, 2.05) is 43.3 Å². The van der Waals surface area contributed by atoms with Gasteiger partial charge in [-0.15, -0.1) is 0 Å². The van der Waals surface area contributed by atoms with Gasteiger partial charge in [-0.05, 0) is 36.2 Å². The van der Waals surface area contributed by atoms with Gasteiger partial charge in [-0.3, -0.25) is 4.98 Å². The van der Waals surface area contributed by atoms with Gasteiger partial charge in [0.15, 0.2) is 0 Å². The quantitative estimate of drug-likeness (QED) is 0.875. The average Bonchev–Trinajstić information content (AvgIpc) is 2.49. The molecule has 2 rings (SSSR count). The monoisotopic (exact) mass is 272 g/mol. The predicted octanol–water partition coefficient (Wildman–Crippen LogP) is 2.17. The second-order valence-corrected chi connectivity index (χ2v) is 4.77. The third-order valence-corrected chi connectivity index (χ3v) is 3.48. The molecule has 4 nitrogen and oxygen atoms in total. The van der Waals surface area contributed by atoms with Gasteiger partial charge in [-0.1, -0.05) is 18.2 Å². The van der Waals surface area contributed by atoms with Gasteiger partial charge in [0.25, 0.3) is 0 Å². The van der Waals surface area contributed by atoms with Crippen LogP contribution in [0.15, 0.2) is 42.6 Å². The van der Waals surface area contributed by atoms with Crippen molar-refractivity contribution in [3.05, 3.63) is 59.4 Å². The fourth-order valence-corrected chi connectivity index (χ4v) is 2.26. The normalized spacial score (nSPS) is 13.8. The molecule has 2 unspecified atom stereocenters. The van der Waals surface area contributed by atoms with E-state index in [0.717, 1.165) is 22.6 Å². The Hall–Kier alpha value is -1.91. The highest BCUT2D eigenvalue weighted by Crippen LogP contribution is 2.31. The Morgan fingerprint density at radius 2 is 2.10 bits per heavy atom. The molecule has 0 amide bonds. The summed E-state index contributed by atoms with van der Waals surface area (Å²) < 4.78 is 5.30. The highest BCUT2D eigenvalue weighted by Gasteiger charge is 2.23. The predicted molar refractivity (Wildman–Crippen MR) is 78.7 cm³/mol. The molecular formula is C16H20N2O2. The van der Waals surface area contributed by atoms with Crippen molar-refractivity contribution in [3.63, 3.8) is 0 Å². The SMILES string of the molecule is COc1cc(C(O)C(CN)c2ccccn2)ccc1C. The van der Waals surface area contributed by atoms with Crippen molar-refractivity contribution >= 4 is 0 Å². The van der Waals surface area contributed by atoms with Gasteiger partial charge in [0, 0.05) is 24.4 Å². The van der Waals surface area contributed by atoms with Gasteiger partial charge in [0.05, 0.1) is 13.2 Å². The fraction of sp³-hybridized carbons (Fsp3) is 0.312. The van der Waals surface area contributed by atoms with Crippen LogP contribution in [0.3, 0.4) is 0 Å². The van der Waals surface area contributed by atoms with Gasteiger partial charge in [-0.2, -0.15) is 0 Å². The van der Waals surface area contributed by atoms with E-state index in [0.29, 0.717) is 6.54 Å². The van der Waals surface area contributed by atoms with Crippen molar-refractivity contribution in [1.29, 1.82) is 0 Å². The zero-order valence-electron chi connectivity index (χ0n) is 11.8. The minimum Gasteiger partial charge on any atom is -0.496 e. The number of hydrogen-bond donors (Lipinski definition) is 2. The number of aromatic nitrogens is 1. The van der Waals surface area contributed by atoms with E-state index in [9.17, 15) is 5.11 Å². The first-order valence-corrected chi connectivity index (χ1v) is 6.61. The summed E-state index contributed by atoms with van der Waals surface area (Å²) in [5, 5.41) is 10.6. The second-order valence-electron chi connectivity index (χ2n) is 4.77. The Balaban J connectivity index is 2.31. The van der Waals surface area contributed by atoms with Crippen LogP contribution in [0.2, 0.25) is 0 Å². The summed E-state index contributed by atoms with van der Waals surface area (Å²) in [4.78, 5) is 4.29. The van der Waals surface area contributed by atoms with Crippen LogP contribution >= 0.6 is 0 Å². The molecule has 0 saturated heterocycles. The molecule has 0 aliphatic carbocycles. The summed E-state index contributed by atoms with van der Waals surface area (Å²) in [7, 11) is 1.62. The lowest BCUT2D eigenvalue weighted by molar-refractivity contribution is 0.145. The Kier molecular flexibility index (Phi) is 4.71. The first-order valence-electron chi connectivity index (χ1n) is 6.61. The van der Waals surface area contributed by atoms with Crippen LogP contribution < -0.4 is 10.5 Å². The number of hydrogen-bond acceptors (Lipinski definition) is 4. The molecule has 0 aliphatic rings. The zero-order valence-corrected chi connectivity index (χ0v) is 11.8. The molecule has 2 atom stereocenters. The second kappa shape index (κ2) is 6.50. The van der Waals surface area contributed by atoms with Gasteiger partial charge in [0.1, 0.15) is 5.75 Å². The molecule has 0 bridgehead atoms. The molecule has 0 aliphatic heterocycles. The average molecular weight is 272 g/mol. The van der Waals surface area contributed by atoms with Gasteiger partial charge < -0.3 is 15.6 Å². The van der Waals surface area contributed by atoms with Crippen LogP contribution in [0, 0.1) is 6.92 Å². The summed E-state index contributed by atoms with van der Waals surface area (Å²) in [5.41, 5.74) is 8.42. The van der Waals surface area contributed by atoms with Crippen molar-refractivity contribution in [2.24, 2.45) is 5.73 Å². The third kappa shape index (κ3) is 2.98. The van der Waals surface area contributed by atoms with Crippen LogP contribution in [-0.2, 0) is 0 Å². The number of aliphatic hydroxyl groups is 1. The van der Waals surface area contributed by atoms with E-state index in [-0.39, 0.29) is 5.92 Å². The number of aliphatic hydroxyl groups excluding tert-OH is 1. The maximum absolute atomic E-state index is 10.6. The molecule has 4 heteroatoms. The van der Waals surface area contributed by atoms with Crippen LogP contribution in [0.1, 0.15) is 28.8 Å². The van der Waals surface area contributed by atoms with E-state index < -0.39 is 6.10 Å². The van der Waals surface area contributed by atoms with E-state index in [1.165, 1.54) is 0 Å². The maximum Gasteiger partial charge on any atom is 0.122 e. The molecule has 0 spiro atoms. The number of pyridine rings is 1. The van der Waals surface area contributed by atoms with E-state index in [2.05, 4.69) is 4.98 Å². The molecule has 0 saturated carbocycles. The van der Waals surface area contributed by atoms with Gasteiger partial charge in [0.2, 0.25) is 0 Å². The van der Waals surface area contributed by atoms with Crippen LogP contribution in [0.25, 0.3) is 0 Å². The lowest BCUT2D eigenvalue weighted by Crippen LogP contribution is -2.21. The maximum atomic E-state index is 10.6. The largest absolute Gasteiger partial charge is 0.496 e. The molecule has 1 aromatic heterocycles. The van der Waals surface area contributed by atoms with Crippen molar-refractivity contribution in [3.8, 4) is 5.75 Å². The number of rotatable bonds is 5. The smallest absolute Gasteiger partial charge is 0.122 e. The van der Waals surface area contributed by atoms with Crippen LogP contribution in [0.4, 0.5) is 0 Å². The minimum absolute atomic E-state index is 0.233. The molecule has 0 fully saturated rings. The Morgan fingerprint density at radius 1 is 1.30 bits per heavy atom. The Morgan fingerprint density at radius 3 is 2.70 bits per heavy atom. The van der Waals surface area contributed by atoms with Crippen LogP contribution in [-0.4, -0.2) is 23.7 Å². The zero-order chi connectivity index (χ0) is 14.5. The molecule has 1 heterocycles. The van der Waals surface area contributed by atoms with Gasteiger partial charge >= 0.3 is 0 Å². The molecule has 0 radical (unpaired) electrons. The number of methoxy groups -OCH3 is 1. The molecule has 2 aromatic rings.